The lowest BCUT2D eigenvalue weighted by atomic mass is 10.0. The van der Waals surface area contributed by atoms with Gasteiger partial charge in [0, 0.05) is 16.6 Å². The van der Waals surface area contributed by atoms with Crippen molar-refractivity contribution in [1.29, 1.82) is 0 Å². The van der Waals surface area contributed by atoms with Crippen molar-refractivity contribution in [2.24, 2.45) is 5.10 Å². The van der Waals surface area contributed by atoms with Gasteiger partial charge < -0.3 is 17.5 Å². The summed E-state index contributed by atoms with van der Waals surface area (Å²) in [7, 11) is 0. The summed E-state index contributed by atoms with van der Waals surface area (Å²) in [5.74, 6) is -1.08. The van der Waals surface area contributed by atoms with E-state index in [4.69, 9.17) is 0 Å². The summed E-state index contributed by atoms with van der Waals surface area (Å²) in [6, 6.07) is 10.8. The third-order valence-electron chi connectivity index (χ3n) is 3.75. The van der Waals surface area contributed by atoms with Gasteiger partial charge in [-0.2, -0.15) is 23.3 Å². The number of hydrazone groups is 1. The molecular formula is C16H12BrClF3N3O2. The number of benzene rings is 1. The van der Waals surface area contributed by atoms with Gasteiger partial charge in [0.15, 0.2) is 6.20 Å². The lowest BCUT2D eigenvalue weighted by Crippen LogP contribution is -3.00. The van der Waals surface area contributed by atoms with Crippen LogP contribution in [0.1, 0.15) is 22.5 Å². The number of hydrogen-bond acceptors (Lipinski definition) is 3. The number of nitrogens with one attached hydrogen (secondary N) is 1. The van der Waals surface area contributed by atoms with E-state index in [2.05, 4.69) is 26.0 Å². The molecule has 138 valence electrons. The molecule has 3 rings (SSSR count). The molecule has 0 fully saturated rings. The Labute approximate surface area is 161 Å². The first-order valence-corrected chi connectivity index (χ1v) is 7.95. The largest absolute Gasteiger partial charge is 1.00 e. The van der Waals surface area contributed by atoms with E-state index in [0.29, 0.717) is 5.56 Å². The van der Waals surface area contributed by atoms with E-state index in [-0.39, 0.29) is 28.8 Å². The Morgan fingerprint density at radius 1 is 1.23 bits per heavy atom. The van der Waals surface area contributed by atoms with E-state index in [9.17, 15) is 23.1 Å². The molecule has 0 bridgehead atoms. The number of alkyl halides is 3. The molecule has 0 spiro atoms. The van der Waals surface area contributed by atoms with Crippen LogP contribution in [-0.4, -0.2) is 33.6 Å². The maximum atomic E-state index is 13.5. The van der Waals surface area contributed by atoms with Crippen molar-refractivity contribution in [2.75, 3.05) is 0 Å². The van der Waals surface area contributed by atoms with Crippen molar-refractivity contribution < 1.29 is 40.5 Å². The molecule has 26 heavy (non-hydrogen) atoms. The van der Waals surface area contributed by atoms with Gasteiger partial charge in [-0.3, -0.25) is 4.79 Å². The van der Waals surface area contributed by atoms with Gasteiger partial charge in [-0.15, -0.1) is 0 Å². The third kappa shape index (κ3) is 3.60. The second-order valence-corrected chi connectivity index (χ2v) is 6.35. The average molecular weight is 451 g/mol. The molecule has 1 amide bonds. The number of amides is 1. The molecule has 2 N–H and O–H groups in total. The summed E-state index contributed by atoms with van der Waals surface area (Å²) >= 11 is 3.24. The predicted octanol–water partition coefficient (Wildman–Crippen LogP) is -0.232. The van der Waals surface area contributed by atoms with Crippen molar-refractivity contribution in [3.63, 3.8) is 0 Å². The molecule has 1 aromatic carbocycles. The van der Waals surface area contributed by atoms with Crippen LogP contribution in [0.2, 0.25) is 0 Å². The Balaban J connectivity index is 0.00000243. The summed E-state index contributed by atoms with van der Waals surface area (Å²) in [6.07, 6.45) is -4.52. The fourth-order valence-electron chi connectivity index (χ4n) is 2.42. The number of halogens is 5. The molecule has 1 aliphatic rings. The van der Waals surface area contributed by atoms with Crippen molar-refractivity contribution >= 4 is 27.5 Å². The number of aliphatic hydroxyl groups is 1. The van der Waals surface area contributed by atoms with Gasteiger partial charge in [0.1, 0.15) is 0 Å². The maximum absolute atomic E-state index is 13.5. The van der Waals surface area contributed by atoms with Crippen LogP contribution in [-0.2, 0) is 0 Å². The molecule has 1 aliphatic heterocycles. The van der Waals surface area contributed by atoms with Crippen molar-refractivity contribution in [1.82, 2.24) is 5.01 Å². The number of H-pyrrole nitrogens is 1. The minimum atomic E-state index is -5.07. The van der Waals surface area contributed by atoms with Gasteiger partial charge in [-0.1, -0.05) is 28.1 Å². The maximum Gasteiger partial charge on any atom is 0.438 e. The molecule has 0 radical (unpaired) electrons. The molecule has 2 heterocycles. The fourth-order valence-corrected chi connectivity index (χ4v) is 2.69. The molecule has 1 unspecified atom stereocenters. The van der Waals surface area contributed by atoms with E-state index in [1.807, 2.05) is 0 Å². The van der Waals surface area contributed by atoms with Gasteiger partial charge >= 0.3 is 12.1 Å². The van der Waals surface area contributed by atoms with E-state index in [1.165, 1.54) is 18.3 Å². The van der Waals surface area contributed by atoms with Gasteiger partial charge in [-0.25, -0.2) is 4.98 Å². The molecule has 2 aromatic rings. The third-order valence-corrected chi connectivity index (χ3v) is 4.28. The first kappa shape index (κ1) is 20.3. The summed E-state index contributed by atoms with van der Waals surface area (Å²) in [5, 5.41) is 14.1. The molecule has 0 saturated carbocycles. The highest BCUT2D eigenvalue weighted by molar-refractivity contribution is 9.10. The van der Waals surface area contributed by atoms with Crippen molar-refractivity contribution in [2.45, 2.75) is 18.3 Å². The molecule has 1 aromatic heterocycles. The van der Waals surface area contributed by atoms with Crippen molar-refractivity contribution in [3.8, 4) is 0 Å². The Hall–Kier alpha value is -1.97. The number of aromatic amines is 1. The number of carbonyl (C=O) groups excluding carboxylic acids is 1. The first-order valence-electron chi connectivity index (χ1n) is 7.16. The monoisotopic (exact) mass is 449 g/mol. The van der Waals surface area contributed by atoms with Crippen LogP contribution in [0.15, 0.2) is 58.2 Å². The molecular weight excluding hydrogens is 439 g/mol. The van der Waals surface area contributed by atoms with E-state index in [0.717, 1.165) is 4.47 Å². The zero-order valence-corrected chi connectivity index (χ0v) is 15.3. The van der Waals surface area contributed by atoms with Gasteiger partial charge in [0.25, 0.3) is 11.4 Å². The Morgan fingerprint density at radius 2 is 1.88 bits per heavy atom. The minimum absolute atomic E-state index is 0. The molecule has 10 heteroatoms. The van der Waals surface area contributed by atoms with Gasteiger partial charge in [0.2, 0.25) is 0 Å². The number of hydrogen-bond donors (Lipinski definition) is 1. The van der Waals surface area contributed by atoms with Gasteiger partial charge in [0.05, 0.1) is 12.1 Å². The second kappa shape index (κ2) is 7.34. The smallest absolute Gasteiger partial charge is 0.438 e. The van der Waals surface area contributed by atoms with Crippen LogP contribution in [0.4, 0.5) is 13.2 Å². The van der Waals surface area contributed by atoms with E-state index >= 15 is 0 Å². The number of aromatic nitrogens is 1. The Morgan fingerprint density at radius 3 is 2.42 bits per heavy atom. The second-order valence-electron chi connectivity index (χ2n) is 5.44. The number of rotatable bonds is 2. The summed E-state index contributed by atoms with van der Waals surface area (Å²) in [4.78, 5) is 15.0. The zero-order valence-electron chi connectivity index (χ0n) is 13.0. The quantitative estimate of drug-likeness (QED) is 0.687. The summed E-state index contributed by atoms with van der Waals surface area (Å²) in [6.45, 7) is 0. The van der Waals surface area contributed by atoms with Gasteiger partial charge in [-0.05, 0) is 23.8 Å². The number of carbonyl (C=O) groups is 1. The van der Waals surface area contributed by atoms with Crippen LogP contribution in [0.25, 0.3) is 0 Å². The Kier molecular flexibility index (Phi) is 5.74. The minimum Gasteiger partial charge on any atom is -1.00 e. The molecule has 0 saturated heterocycles. The predicted molar refractivity (Wildman–Crippen MR) is 85.5 cm³/mol. The summed E-state index contributed by atoms with van der Waals surface area (Å²) in [5.41, 5.74) is -3.17. The normalized spacial score (nSPS) is 19.7. The van der Waals surface area contributed by atoms with Crippen LogP contribution < -0.4 is 17.4 Å². The zero-order chi connectivity index (χ0) is 18.2. The van der Waals surface area contributed by atoms with Crippen LogP contribution in [0.5, 0.6) is 0 Å². The highest BCUT2D eigenvalue weighted by Crippen LogP contribution is 2.41. The lowest BCUT2D eigenvalue weighted by molar-refractivity contribution is -0.384. The van der Waals surface area contributed by atoms with Crippen LogP contribution >= 0.6 is 15.9 Å². The van der Waals surface area contributed by atoms with E-state index in [1.54, 1.807) is 30.3 Å². The number of pyridine rings is 1. The SMILES string of the molecule is O=C(c1cccc[nH+]1)N1N=C(c2ccc(Br)cc2)CC1(O)C(F)(F)F.[Cl-]. The van der Waals surface area contributed by atoms with Crippen LogP contribution in [0.3, 0.4) is 0 Å². The van der Waals surface area contributed by atoms with Crippen molar-refractivity contribution in [3.05, 3.63) is 64.4 Å². The molecule has 5 nitrogen and oxygen atoms in total. The fraction of sp³-hybridized carbons (Fsp3) is 0.188. The molecule has 1 atom stereocenters. The topological polar surface area (TPSA) is 67.0 Å². The lowest BCUT2D eigenvalue weighted by Gasteiger charge is -2.31. The standard InChI is InChI=1S/C16H11BrF3N3O2.ClH/c17-11-6-4-10(5-7-11)13-9-15(25,16(18,19)20)23(22-13)14(24)12-3-1-2-8-21-12;/h1-8,25H,9H2;1H. The highest BCUT2D eigenvalue weighted by atomic mass is 79.9. The highest BCUT2D eigenvalue weighted by Gasteiger charge is 2.64. The average Bonchev–Trinajstić information content (AvgIpc) is 2.94. The first-order chi connectivity index (χ1) is 11.7. The summed E-state index contributed by atoms with van der Waals surface area (Å²) < 4.78 is 41.2. The Bertz CT molecular complexity index is 831. The number of nitrogens with zero attached hydrogens (tertiary/aromatic N) is 2. The van der Waals surface area contributed by atoms with Crippen LogP contribution in [0, 0.1) is 0 Å². The molecule has 0 aliphatic carbocycles. The van der Waals surface area contributed by atoms with E-state index < -0.39 is 24.2 Å².